The summed E-state index contributed by atoms with van der Waals surface area (Å²) in [5.41, 5.74) is 8.04. The number of hydrogen-bond acceptors (Lipinski definition) is 5. The standard InChI is InChI=1S/C12H10BrN5O/c1-18-6-15-5-9(18)11-16-12(19-17-11)7-3-2-4-8(13)10(7)14/h2-6H,14H2,1H3. The third-order valence-corrected chi connectivity index (χ3v) is 3.45. The first-order chi connectivity index (χ1) is 9.16. The molecule has 2 aromatic heterocycles. The van der Waals surface area contributed by atoms with E-state index >= 15 is 0 Å². The largest absolute Gasteiger partial charge is 0.397 e. The van der Waals surface area contributed by atoms with E-state index in [9.17, 15) is 0 Å². The molecule has 3 aromatic rings. The maximum absolute atomic E-state index is 5.98. The second-order valence-corrected chi connectivity index (χ2v) is 4.87. The number of nitrogen functional groups attached to an aromatic ring is 1. The van der Waals surface area contributed by atoms with Crippen molar-refractivity contribution in [1.82, 2.24) is 19.7 Å². The van der Waals surface area contributed by atoms with E-state index in [1.54, 1.807) is 12.5 Å². The average molecular weight is 320 g/mol. The first-order valence-electron chi connectivity index (χ1n) is 5.51. The molecular formula is C12H10BrN5O. The van der Waals surface area contributed by atoms with Gasteiger partial charge in [-0.1, -0.05) is 11.2 Å². The molecule has 0 aliphatic carbocycles. The molecular weight excluding hydrogens is 310 g/mol. The van der Waals surface area contributed by atoms with Gasteiger partial charge in [-0.3, -0.25) is 0 Å². The Morgan fingerprint density at radius 1 is 1.37 bits per heavy atom. The van der Waals surface area contributed by atoms with Gasteiger partial charge in [0.15, 0.2) is 0 Å². The smallest absolute Gasteiger partial charge is 0.260 e. The van der Waals surface area contributed by atoms with Crippen molar-refractivity contribution in [2.24, 2.45) is 7.05 Å². The van der Waals surface area contributed by atoms with Crippen LogP contribution in [0, 0.1) is 0 Å². The zero-order valence-corrected chi connectivity index (χ0v) is 11.6. The van der Waals surface area contributed by atoms with Crippen molar-refractivity contribution < 1.29 is 4.52 Å². The number of nitrogens with two attached hydrogens (primary N) is 1. The fourth-order valence-electron chi connectivity index (χ4n) is 1.73. The maximum Gasteiger partial charge on any atom is 0.260 e. The molecule has 0 amide bonds. The lowest BCUT2D eigenvalue weighted by atomic mass is 10.2. The highest BCUT2D eigenvalue weighted by Crippen LogP contribution is 2.31. The summed E-state index contributed by atoms with van der Waals surface area (Å²) >= 11 is 3.37. The lowest BCUT2D eigenvalue weighted by Gasteiger charge is -2.01. The van der Waals surface area contributed by atoms with E-state index in [1.165, 1.54) is 0 Å². The Morgan fingerprint density at radius 3 is 2.95 bits per heavy atom. The van der Waals surface area contributed by atoms with Crippen LogP contribution < -0.4 is 5.73 Å². The van der Waals surface area contributed by atoms with E-state index in [0.29, 0.717) is 23.0 Å². The molecule has 19 heavy (non-hydrogen) atoms. The third kappa shape index (κ3) is 2.01. The van der Waals surface area contributed by atoms with Crippen LogP contribution in [0.4, 0.5) is 5.69 Å². The number of nitrogens with zero attached hydrogens (tertiary/aromatic N) is 4. The molecule has 0 saturated carbocycles. The zero-order valence-electron chi connectivity index (χ0n) is 10.0. The predicted octanol–water partition coefficient (Wildman–Crippen LogP) is 2.48. The molecule has 2 N–H and O–H groups in total. The Kier molecular flexibility index (Phi) is 2.83. The Hall–Kier alpha value is -2.15. The number of aryl methyl sites for hydroxylation is 1. The first-order valence-corrected chi connectivity index (χ1v) is 6.31. The van der Waals surface area contributed by atoms with Crippen LogP contribution >= 0.6 is 15.9 Å². The van der Waals surface area contributed by atoms with Crippen molar-refractivity contribution in [3.05, 3.63) is 35.2 Å². The van der Waals surface area contributed by atoms with Gasteiger partial charge in [-0.05, 0) is 28.1 Å². The Morgan fingerprint density at radius 2 is 2.21 bits per heavy atom. The minimum atomic E-state index is 0.384. The second kappa shape index (κ2) is 4.51. The lowest BCUT2D eigenvalue weighted by molar-refractivity contribution is 0.432. The maximum atomic E-state index is 5.98. The fraction of sp³-hybridized carbons (Fsp3) is 0.0833. The summed E-state index contributed by atoms with van der Waals surface area (Å²) in [5.74, 6) is 0.865. The second-order valence-electron chi connectivity index (χ2n) is 4.01. The van der Waals surface area contributed by atoms with Gasteiger partial charge >= 0.3 is 0 Å². The molecule has 0 fully saturated rings. The van der Waals surface area contributed by atoms with Gasteiger partial charge in [0.05, 0.1) is 23.8 Å². The van der Waals surface area contributed by atoms with Crippen LogP contribution in [0.15, 0.2) is 39.7 Å². The van der Waals surface area contributed by atoms with E-state index in [0.717, 1.165) is 10.2 Å². The summed E-state index contributed by atoms with van der Waals surface area (Å²) < 4.78 is 7.88. The van der Waals surface area contributed by atoms with Gasteiger partial charge in [0.1, 0.15) is 5.69 Å². The van der Waals surface area contributed by atoms with E-state index in [4.69, 9.17) is 10.3 Å². The van der Waals surface area contributed by atoms with Crippen LogP contribution in [0.25, 0.3) is 23.0 Å². The number of anilines is 1. The molecule has 0 saturated heterocycles. The van der Waals surface area contributed by atoms with Crippen molar-refractivity contribution in [3.63, 3.8) is 0 Å². The SMILES string of the molecule is Cn1cncc1-c1noc(-c2cccc(Br)c2N)n1. The number of aromatic nitrogens is 4. The van der Waals surface area contributed by atoms with Crippen molar-refractivity contribution in [3.8, 4) is 23.0 Å². The Balaban J connectivity index is 2.07. The van der Waals surface area contributed by atoms with Crippen LogP contribution in [0.1, 0.15) is 0 Å². The number of benzene rings is 1. The summed E-state index contributed by atoms with van der Waals surface area (Å²) in [6.45, 7) is 0. The molecule has 0 spiro atoms. The minimum Gasteiger partial charge on any atom is -0.397 e. The summed E-state index contributed by atoms with van der Waals surface area (Å²) in [6.07, 6.45) is 3.36. The quantitative estimate of drug-likeness (QED) is 0.734. The monoisotopic (exact) mass is 319 g/mol. The first kappa shape index (κ1) is 11.9. The number of para-hydroxylation sites is 1. The zero-order chi connectivity index (χ0) is 13.4. The lowest BCUT2D eigenvalue weighted by Crippen LogP contribution is -1.92. The van der Waals surface area contributed by atoms with Crippen molar-refractivity contribution in [1.29, 1.82) is 0 Å². The van der Waals surface area contributed by atoms with Crippen LogP contribution in [-0.4, -0.2) is 19.7 Å². The van der Waals surface area contributed by atoms with Gasteiger partial charge in [0.25, 0.3) is 5.89 Å². The highest BCUT2D eigenvalue weighted by Gasteiger charge is 2.15. The van der Waals surface area contributed by atoms with Gasteiger partial charge in [0, 0.05) is 11.5 Å². The van der Waals surface area contributed by atoms with Crippen molar-refractivity contribution in [2.75, 3.05) is 5.73 Å². The van der Waals surface area contributed by atoms with Crippen LogP contribution in [0.3, 0.4) is 0 Å². The van der Waals surface area contributed by atoms with Crippen LogP contribution in [0.5, 0.6) is 0 Å². The normalized spacial score (nSPS) is 10.8. The number of imidazole rings is 1. The molecule has 0 radical (unpaired) electrons. The molecule has 7 heteroatoms. The summed E-state index contributed by atoms with van der Waals surface area (Å²) in [5, 5.41) is 3.95. The van der Waals surface area contributed by atoms with Gasteiger partial charge in [-0.2, -0.15) is 4.98 Å². The van der Waals surface area contributed by atoms with E-state index in [1.807, 2.05) is 29.8 Å². The number of halogens is 1. The highest BCUT2D eigenvalue weighted by atomic mass is 79.9. The summed E-state index contributed by atoms with van der Waals surface area (Å²) in [7, 11) is 1.87. The molecule has 0 aliphatic heterocycles. The molecule has 3 rings (SSSR count). The molecule has 6 nitrogen and oxygen atoms in total. The average Bonchev–Trinajstić information content (AvgIpc) is 3.01. The molecule has 96 valence electrons. The molecule has 0 unspecified atom stereocenters. The predicted molar refractivity (Wildman–Crippen MR) is 74.0 cm³/mol. The molecule has 0 atom stereocenters. The number of hydrogen-bond donors (Lipinski definition) is 1. The van der Waals surface area contributed by atoms with E-state index in [2.05, 4.69) is 31.1 Å². The molecule has 1 aromatic carbocycles. The third-order valence-electron chi connectivity index (χ3n) is 2.76. The van der Waals surface area contributed by atoms with Gasteiger partial charge < -0.3 is 14.8 Å². The van der Waals surface area contributed by atoms with E-state index < -0.39 is 0 Å². The molecule has 2 heterocycles. The highest BCUT2D eigenvalue weighted by molar-refractivity contribution is 9.10. The van der Waals surface area contributed by atoms with Gasteiger partial charge in [0.2, 0.25) is 5.82 Å². The molecule has 0 bridgehead atoms. The van der Waals surface area contributed by atoms with Crippen molar-refractivity contribution >= 4 is 21.6 Å². The minimum absolute atomic E-state index is 0.384. The molecule has 0 aliphatic rings. The Bertz CT molecular complexity index is 733. The van der Waals surface area contributed by atoms with Crippen LogP contribution in [-0.2, 0) is 7.05 Å². The van der Waals surface area contributed by atoms with Crippen LogP contribution in [0.2, 0.25) is 0 Å². The fourth-order valence-corrected chi connectivity index (χ4v) is 2.10. The summed E-state index contributed by atoms with van der Waals surface area (Å²) in [4.78, 5) is 8.37. The van der Waals surface area contributed by atoms with Crippen molar-refractivity contribution in [2.45, 2.75) is 0 Å². The topological polar surface area (TPSA) is 82.8 Å². The van der Waals surface area contributed by atoms with Gasteiger partial charge in [-0.25, -0.2) is 4.98 Å². The summed E-state index contributed by atoms with van der Waals surface area (Å²) in [6, 6.07) is 5.56. The number of rotatable bonds is 2. The van der Waals surface area contributed by atoms with E-state index in [-0.39, 0.29) is 0 Å². The van der Waals surface area contributed by atoms with Gasteiger partial charge in [-0.15, -0.1) is 0 Å². The Labute approximate surface area is 117 Å².